The fourth-order valence-electron chi connectivity index (χ4n) is 1.79. The van der Waals surface area contributed by atoms with E-state index in [0.717, 1.165) is 19.0 Å². The molecule has 1 unspecified atom stereocenters. The number of likely N-dealkylation sites (N-methyl/N-ethyl adjacent to an activating group) is 1. The number of ether oxygens (including phenoxy) is 1. The Bertz CT molecular complexity index is 344. The lowest BCUT2D eigenvalue weighted by atomic mass is 10.0. The van der Waals surface area contributed by atoms with Crippen molar-refractivity contribution in [3.05, 3.63) is 35.4 Å². The molecule has 0 aliphatic rings. The van der Waals surface area contributed by atoms with Crippen molar-refractivity contribution in [3.8, 4) is 0 Å². The number of benzene rings is 1. The lowest BCUT2D eigenvalue weighted by Gasteiger charge is -2.17. The van der Waals surface area contributed by atoms with Crippen molar-refractivity contribution in [1.29, 1.82) is 0 Å². The van der Waals surface area contributed by atoms with E-state index in [1.165, 1.54) is 12.1 Å². The van der Waals surface area contributed by atoms with Crippen molar-refractivity contribution in [3.63, 3.8) is 0 Å². The first-order valence-corrected chi connectivity index (χ1v) is 5.83. The quantitative estimate of drug-likeness (QED) is 0.794. The molecule has 1 N–H and O–H groups in total. The fourth-order valence-corrected chi connectivity index (χ4v) is 1.79. The lowest BCUT2D eigenvalue weighted by molar-refractivity contribution is 0.182. The zero-order chi connectivity index (χ0) is 12.7. The molecule has 1 aromatic rings. The van der Waals surface area contributed by atoms with Crippen LogP contribution in [-0.4, -0.2) is 26.3 Å². The minimum Gasteiger partial charge on any atom is -0.385 e. The van der Waals surface area contributed by atoms with Crippen molar-refractivity contribution >= 4 is 0 Å². The average Bonchev–Trinajstić information content (AvgIpc) is 2.31. The predicted octanol–water partition coefficient (Wildman–Crippen LogP) is 2.52. The maximum atomic E-state index is 13.5. The molecule has 1 aromatic carbocycles. The zero-order valence-corrected chi connectivity index (χ0v) is 10.3. The number of rotatable bonds is 7. The summed E-state index contributed by atoms with van der Waals surface area (Å²) < 4.78 is 31.5. The molecule has 0 heterocycles. The van der Waals surface area contributed by atoms with Crippen LogP contribution in [0.1, 0.15) is 18.9 Å². The smallest absolute Gasteiger partial charge is 0.126 e. The Morgan fingerprint density at radius 1 is 1.35 bits per heavy atom. The van der Waals surface area contributed by atoms with E-state index >= 15 is 0 Å². The molecule has 0 aromatic heterocycles. The summed E-state index contributed by atoms with van der Waals surface area (Å²) in [6.07, 6.45) is 1.25. The van der Waals surface area contributed by atoms with Crippen LogP contribution < -0.4 is 5.32 Å². The molecule has 0 bridgehead atoms. The highest BCUT2D eigenvalue weighted by Crippen LogP contribution is 2.13. The van der Waals surface area contributed by atoms with Gasteiger partial charge in [0.1, 0.15) is 11.6 Å². The van der Waals surface area contributed by atoms with Gasteiger partial charge in [-0.25, -0.2) is 8.78 Å². The molecule has 1 rings (SSSR count). The highest BCUT2D eigenvalue weighted by atomic mass is 19.1. The average molecular weight is 243 g/mol. The molecule has 4 heteroatoms. The van der Waals surface area contributed by atoms with Gasteiger partial charge in [0.2, 0.25) is 0 Å². The van der Waals surface area contributed by atoms with Gasteiger partial charge in [-0.1, -0.05) is 6.92 Å². The molecule has 0 spiro atoms. The zero-order valence-electron chi connectivity index (χ0n) is 10.3. The summed E-state index contributed by atoms with van der Waals surface area (Å²) in [7, 11) is 1.63. The topological polar surface area (TPSA) is 21.3 Å². The van der Waals surface area contributed by atoms with Gasteiger partial charge in [-0.15, -0.1) is 0 Å². The number of nitrogens with one attached hydrogen (secondary N) is 1. The van der Waals surface area contributed by atoms with Gasteiger partial charge in [-0.3, -0.25) is 0 Å². The Morgan fingerprint density at radius 3 is 2.76 bits per heavy atom. The van der Waals surface area contributed by atoms with Crippen LogP contribution in [0.15, 0.2) is 18.2 Å². The van der Waals surface area contributed by atoms with E-state index in [1.54, 1.807) is 7.11 Å². The van der Waals surface area contributed by atoms with E-state index in [1.807, 2.05) is 6.92 Å². The van der Waals surface area contributed by atoms with Crippen LogP contribution >= 0.6 is 0 Å². The number of hydrogen-bond donors (Lipinski definition) is 1. The summed E-state index contributed by atoms with van der Waals surface area (Å²) in [6, 6.07) is 3.67. The van der Waals surface area contributed by atoms with Crippen LogP contribution in [-0.2, 0) is 11.2 Å². The van der Waals surface area contributed by atoms with Gasteiger partial charge < -0.3 is 10.1 Å². The molecule has 0 saturated carbocycles. The second-order valence-corrected chi connectivity index (χ2v) is 3.98. The van der Waals surface area contributed by atoms with Crippen molar-refractivity contribution < 1.29 is 13.5 Å². The van der Waals surface area contributed by atoms with E-state index in [4.69, 9.17) is 4.74 Å². The minimum atomic E-state index is -0.400. The van der Waals surface area contributed by atoms with Gasteiger partial charge in [0.15, 0.2) is 0 Å². The Kier molecular flexibility index (Phi) is 6.08. The molecule has 2 nitrogen and oxygen atoms in total. The third-order valence-corrected chi connectivity index (χ3v) is 2.64. The lowest BCUT2D eigenvalue weighted by Crippen LogP contribution is -2.32. The van der Waals surface area contributed by atoms with Crippen LogP contribution in [0, 0.1) is 11.6 Å². The Morgan fingerprint density at radius 2 is 2.12 bits per heavy atom. The normalized spacial score (nSPS) is 12.7. The summed E-state index contributed by atoms with van der Waals surface area (Å²) in [5.74, 6) is -0.755. The number of methoxy groups -OCH3 is 1. The van der Waals surface area contributed by atoms with Crippen LogP contribution in [0.25, 0.3) is 0 Å². The van der Waals surface area contributed by atoms with E-state index in [2.05, 4.69) is 5.32 Å². The van der Waals surface area contributed by atoms with Gasteiger partial charge in [0.05, 0.1) is 0 Å². The van der Waals surface area contributed by atoms with Crippen molar-refractivity contribution in [2.45, 2.75) is 25.8 Å². The standard InChI is InChI=1S/C13H19F2NO/c1-3-16-12(6-7-17-2)9-10-8-11(14)4-5-13(10)15/h4-5,8,12,16H,3,6-7,9H2,1-2H3. The van der Waals surface area contributed by atoms with Crippen molar-refractivity contribution in [2.75, 3.05) is 20.3 Å². The summed E-state index contributed by atoms with van der Waals surface area (Å²) in [5.41, 5.74) is 0.409. The number of hydrogen-bond acceptors (Lipinski definition) is 2. The highest BCUT2D eigenvalue weighted by Gasteiger charge is 2.12. The largest absolute Gasteiger partial charge is 0.385 e. The molecule has 0 aliphatic heterocycles. The SMILES string of the molecule is CCNC(CCOC)Cc1cc(F)ccc1F. The minimum absolute atomic E-state index is 0.108. The molecular weight excluding hydrogens is 224 g/mol. The highest BCUT2D eigenvalue weighted by molar-refractivity contribution is 5.19. The van der Waals surface area contributed by atoms with Crippen LogP contribution in [0.3, 0.4) is 0 Å². The molecule has 96 valence electrons. The van der Waals surface area contributed by atoms with E-state index in [9.17, 15) is 8.78 Å². The maximum absolute atomic E-state index is 13.5. The summed E-state index contributed by atoms with van der Waals surface area (Å²) in [6.45, 7) is 3.39. The van der Waals surface area contributed by atoms with Gasteiger partial charge in [0.25, 0.3) is 0 Å². The molecule has 0 amide bonds. The molecular formula is C13H19F2NO. The Hall–Kier alpha value is -1.00. The van der Waals surface area contributed by atoms with Crippen molar-refractivity contribution in [2.24, 2.45) is 0 Å². The van der Waals surface area contributed by atoms with Gasteiger partial charge in [-0.2, -0.15) is 0 Å². The third kappa shape index (κ3) is 4.79. The second-order valence-electron chi connectivity index (χ2n) is 3.98. The first-order valence-electron chi connectivity index (χ1n) is 5.83. The van der Waals surface area contributed by atoms with Gasteiger partial charge >= 0.3 is 0 Å². The van der Waals surface area contributed by atoms with E-state index < -0.39 is 5.82 Å². The Balaban J connectivity index is 2.67. The van der Waals surface area contributed by atoms with Crippen LogP contribution in [0.5, 0.6) is 0 Å². The molecule has 17 heavy (non-hydrogen) atoms. The van der Waals surface area contributed by atoms with Crippen molar-refractivity contribution in [1.82, 2.24) is 5.32 Å². The van der Waals surface area contributed by atoms with E-state index in [-0.39, 0.29) is 11.9 Å². The first kappa shape index (κ1) is 14.1. The van der Waals surface area contributed by atoms with Crippen LogP contribution in [0.2, 0.25) is 0 Å². The second kappa shape index (κ2) is 7.35. The summed E-state index contributed by atoms with van der Waals surface area (Å²) in [4.78, 5) is 0. The Labute approximate surface area is 101 Å². The fraction of sp³-hybridized carbons (Fsp3) is 0.538. The summed E-state index contributed by atoms with van der Waals surface area (Å²) >= 11 is 0. The molecule has 1 atom stereocenters. The molecule has 0 fully saturated rings. The van der Waals surface area contributed by atoms with Crippen LogP contribution in [0.4, 0.5) is 8.78 Å². The maximum Gasteiger partial charge on any atom is 0.126 e. The molecule has 0 saturated heterocycles. The molecule has 0 aliphatic carbocycles. The van der Waals surface area contributed by atoms with Gasteiger partial charge in [-0.05, 0) is 43.1 Å². The first-order chi connectivity index (χ1) is 8.17. The van der Waals surface area contributed by atoms with Gasteiger partial charge in [0, 0.05) is 19.8 Å². The number of halogens is 2. The monoisotopic (exact) mass is 243 g/mol. The molecule has 0 radical (unpaired) electrons. The summed E-state index contributed by atoms with van der Waals surface area (Å²) in [5, 5.41) is 3.24. The third-order valence-electron chi connectivity index (χ3n) is 2.64. The van der Waals surface area contributed by atoms with E-state index in [0.29, 0.717) is 18.6 Å². The predicted molar refractivity (Wildman–Crippen MR) is 64.0 cm³/mol.